The van der Waals surface area contributed by atoms with Gasteiger partial charge in [-0.25, -0.2) is 0 Å². The van der Waals surface area contributed by atoms with E-state index in [0.717, 1.165) is 25.8 Å². The molecular weight excluding hydrogens is 192 g/mol. The molecule has 0 N–H and O–H groups in total. The first-order valence-electron chi connectivity index (χ1n) is 5.53. The number of nitrogens with zero attached hydrogens (tertiary/aromatic N) is 2. The highest BCUT2D eigenvalue weighted by molar-refractivity contribution is 5.93. The number of aromatic nitrogens is 1. The Hall–Kier alpha value is -1.32. The summed E-state index contributed by atoms with van der Waals surface area (Å²) < 4.78 is 4.70. The van der Waals surface area contributed by atoms with E-state index >= 15 is 0 Å². The molecule has 1 unspecified atom stereocenters. The summed E-state index contributed by atoms with van der Waals surface area (Å²) >= 11 is 0. The van der Waals surface area contributed by atoms with Crippen LogP contribution in [0.3, 0.4) is 0 Å². The van der Waals surface area contributed by atoms with E-state index in [0.29, 0.717) is 11.6 Å². The maximum atomic E-state index is 12.1. The van der Waals surface area contributed by atoms with Gasteiger partial charge >= 0.3 is 0 Å². The summed E-state index contributed by atoms with van der Waals surface area (Å²) in [5, 5.41) is 3.57. The largest absolute Gasteiger partial charge is 0.364 e. The van der Waals surface area contributed by atoms with E-state index in [1.54, 1.807) is 0 Å². The lowest BCUT2D eigenvalue weighted by Crippen LogP contribution is -2.43. The van der Waals surface area contributed by atoms with Crippen LogP contribution in [0.5, 0.6) is 0 Å². The first kappa shape index (κ1) is 10.2. The molecule has 15 heavy (non-hydrogen) atoms. The van der Waals surface area contributed by atoms with Crippen molar-refractivity contribution in [3.8, 4) is 0 Å². The van der Waals surface area contributed by atoms with E-state index in [-0.39, 0.29) is 5.91 Å². The van der Waals surface area contributed by atoms with Crippen molar-refractivity contribution >= 4 is 5.91 Å². The number of piperidine rings is 1. The maximum absolute atomic E-state index is 12.1. The predicted molar refractivity (Wildman–Crippen MR) is 55.5 cm³/mol. The molecule has 1 aromatic rings. The Morgan fingerprint density at radius 3 is 3.20 bits per heavy atom. The van der Waals surface area contributed by atoms with Crippen LogP contribution in [0.1, 0.15) is 43.0 Å². The summed E-state index contributed by atoms with van der Waals surface area (Å²) in [7, 11) is 0. The zero-order valence-corrected chi connectivity index (χ0v) is 8.98. The first-order chi connectivity index (χ1) is 7.33. The number of carbonyl (C=O) groups is 1. The number of carbonyl (C=O) groups excluding carboxylic acids is 1. The van der Waals surface area contributed by atoms with Gasteiger partial charge < -0.3 is 9.42 Å². The van der Waals surface area contributed by atoms with Crippen molar-refractivity contribution in [1.29, 1.82) is 0 Å². The molecule has 4 heteroatoms. The van der Waals surface area contributed by atoms with Crippen molar-refractivity contribution in [2.45, 2.75) is 38.6 Å². The topological polar surface area (TPSA) is 46.3 Å². The van der Waals surface area contributed by atoms with E-state index in [1.807, 2.05) is 4.90 Å². The average molecular weight is 208 g/mol. The zero-order valence-electron chi connectivity index (χ0n) is 8.98. The van der Waals surface area contributed by atoms with Crippen LogP contribution in [0.25, 0.3) is 0 Å². The Bertz CT molecular complexity index is 321. The Kier molecular flexibility index (Phi) is 3.04. The average Bonchev–Trinajstić information content (AvgIpc) is 2.81. The van der Waals surface area contributed by atoms with Gasteiger partial charge in [-0.15, -0.1) is 0 Å². The van der Waals surface area contributed by atoms with Crippen molar-refractivity contribution < 1.29 is 9.32 Å². The fourth-order valence-electron chi connectivity index (χ4n) is 2.17. The molecule has 82 valence electrons. The lowest BCUT2D eigenvalue weighted by molar-refractivity contribution is 0.0607. The van der Waals surface area contributed by atoms with Crippen molar-refractivity contribution in [2.75, 3.05) is 6.54 Å². The molecule has 1 fully saturated rings. The predicted octanol–water partition coefficient (Wildman–Crippen LogP) is 2.08. The molecule has 1 atom stereocenters. The summed E-state index contributed by atoms with van der Waals surface area (Å²) in [5.74, 6) is 0.0581. The molecule has 1 aliphatic heterocycles. The fraction of sp³-hybridized carbons (Fsp3) is 0.636. The Morgan fingerprint density at radius 2 is 2.53 bits per heavy atom. The van der Waals surface area contributed by atoms with E-state index in [1.165, 1.54) is 18.9 Å². The van der Waals surface area contributed by atoms with Crippen LogP contribution >= 0.6 is 0 Å². The van der Waals surface area contributed by atoms with Crippen LogP contribution in [0.4, 0.5) is 0 Å². The minimum atomic E-state index is 0.0581. The summed E-state index contributed by atoms with van der Waals surface area (Å²) in [6, 6.07) is 0.390. The standard InChI is InChI=1S/C11H16N2O2/c1-2-10-5-3-4-6-13(10)11(14)9-7-12-15-8-9/h7-8,10H,2-6H2,1H3. The van der Waals surface area contributed by atoms with Crippen molar-refractivity contribution in [3.05, 3.63) is 18.0 Å². The molecule has 0 aromatic carbocycles. The smallest absolute Gasteiger partial charge is 0.259 e. The molecule has 0 saturated carbocycles. The van der Waals surface area contributed by atoms with Crippen LogP contribution in [0.2, 0.25) is 0 Å². The van der Waals surface area contributed by atoms with E-state index in [2.05, 4.69) is 12.1 Å². The molecule has 1 aromatic heterocycles. The van der Waals surface area contributed by atoms with Gasteiger partial charge in [0.05, 0.1) is 11.8 Å². The number of hydrogen-bond donors (Lipinski definition) is 0. The van der Waals surface area contributed by atoms with Crippen LogP contribution in [0, 0.1) is 0 Å². The third-order valence-electron chi connectivity index (χ3n) is 3.04. The molecule has 0 aliphatic carbocycles. The highest BCUT2D eigenvalue weighted by atomic mass is 16.5. The van der Waals surface area contributed by atoms with Crippen molar-refractivity contribution in [3.63, 3.8) is 0 Å². The van der Waals surface area contributed by atoms with Crippen LogP contribution in [0.15, 0.2) is 17.0 Å². The minimum absolute atomic E-state index is 0.0581. The molecule has 2 rings (SSSR count). The second kappa shape index (κ2) is 4.47. The first-order valence-corrected chi connectivity index (χ1v) is 5.53. The van der Waals surface area contributed by atoms with Gasteiger partial charge in [-0.05, 0) is 25.7 Å². The molecule has 4 nitrogen and oxygen atoms in total. The summed E-state index contributed by atoms with van der Waals surface area (Å²) in [6.45, 7) is 2.99. The molecule has 1 saturated heterocycles. The summed E-state index contributed by atoms with van der Waals surface area (Å²) in [6.07, 6.45) is 7.39. The molecule has 1 aliphatic rings. The number of amides is 1. The van der Waals surface area contributed by atoms with Crippen LogP contribution < -0.4 is 0 Å². The molecule has 2 heterocycles. The zero-order chi connectivity index (χ0) is 10.7. The highest BCUT2D eigenvalue weighted by Gasteiger charge is 2.26. The fourth-order valence-corrected chi connectivity index (χ4v) is 2.17. The highest BCUT2D eigenvalue weighted by Crippen LogP contribution is 2.21. The Morgan fingerprint density at radius 1 is 1.67 bits per heavy atom. The SMILES string of the molecule is CCC1CCCCN1C(=O)c1cnoc1. The Labute approximate surface area is 89.2 Å². The molecule has 0 bridgehead atoms. The van der Waals surface area contributed by atoms with Gasteiger partial charge in [0.2, 0.25) is 0 Å². The van der Waals surface area contributed by atoms with Crippen molar-refractivity contribution in [2.24, 2.45) is 0 Å². The van der Waals surface area contributed by atoms with Gasteiger partial charge in [0.25, 0.3) is 5.91 Å². The second-order valence-electron chi connectivity index (χ2n) is 3.97. The van der Waals surface area contributed by atoms with Crippen molar-refractivity contribution in [1.82, 2.24) is 10.1 Å². The normalized spacial score (nSPS) is 21.7. The third kappa shape index (κ3) is 2.03. The maximum Gasteiger partial charge on any atom is 0.259 e. The van der Waals surface area contributed by atoms with Gasteiger partial charge in [0, 0.05) is 12.6 Å². The number of hydrogen-bond acceptors (Lipinski definition) is 3. The van der Waals surface area contributed by atoms with E-state index in [9.17, 15) is 4.79 Å². The summed E-state index contributed by atoms with van der Waals surface area (Å²) in [5.41, 5.74) is 0.565. The van der Waals surface area contributed by atoms with Crippen LogP contribution in [-0.2, 0) is 0 Å². The number of rotatable bonds is 2. The van der Waals surface area contributed by atoms with Gasteiger partial charge in [-0.3, -0.25) is 4.79 Å². The van der Waals surface area contributed by atoms with Gasteiger partial charge in [-0.2, -0.15) is 0 Å². The molecule has 0 radical (unpaired) electrons. The monoisotopic (exact) mass is 208 g/mol. The lowest BCUT2D eigenvalue weighted by Gasteiger charge is -2.34. The molecule has 0 spiro atoms. The second-order valence-corrected chi connectivity index (χ2v) is 3.97. The third-order valence-corrected chi connectivity index (χ3v) is 3.04. The Balaban J connectivity index is 2.11. The molecule has 1 amide bonds. The number of likely N-dealkylation sites (tertiary alicyclic amines) is 1. The molecular formula is C11H16N2O2. The van der Waals surface area contributed by atoms with Crippen LogP contribution in [-0.4, -0.2) is 28.6 Å². The van der Waals surface area contributed by atoms with E-state index in [4.69, 9.17) is 4.52 Å². The van der Waals surface area contributed by atoms with E-state index < -0.39 is 0 Å². The summed E-state index contributed by atoms with van der Waals surface area (Å²) in [4.78, 5) is 14.0. The van der Waals surface area contributed by atoms with Gasteiger partial charge in [-0.1, -0.05) is 12.1 Å². The lowest BCUT2D eigenvalue weighted by atomic mass is 9.99. The van der Waals surface area contributed by atoms with Gasteiger partial charge in [0.1, 0.15) is 6.26 Å². The van der Waals surface area contributed by atoms with Gasteiger partial charge in [0.15, 0.2) is 0 Å². The minimum Gasteiger partial charge on any atom is -0.364 e. The quantitative estimate of drug-likeness (QED) is 0.747.